The Labute approximate surface area is 157 Å². The van der Waals surface area contributed by atoms with Gasteiger partial charge in [-0.3, -0.25) is 9.69 Å². The third-order valence-corrected chi connectivity index (χ3v) is 4.72. The summed E-state index contributed by atoms with van der Waals surface area (Å²) < 4.78 is 18.9. The molecule has 0 radical (unpaired) electrons. The summed E-state index contributed by atoms with van der Waals surface area (Å²) in [4.78, 5) is 20.9. The molecule has 5 nitrogen and oxygen atoms in total. The van der Waals surface area contributed by atoms with Gasteiger partial charge in [-0.25, -0.2) is 9.37 Å². The summed E-state index contributed by atoms with van der Waals surface area (Å²) in [5.74, 6) is 1.04. The largest absolute Gasteiger partial charge is 0.439 e. The van der Waals surface area contributed by atoms with Gasteiger partial charge < -0.3 is 9.32 Å². The molecule has 1 saturated heterocycles. The van der Waals surface area contributed by atoms with E-state index in [4.69, 9.17) is 4.42 Å². The molecule has 1 fully saturated rings. The molecule has 1 amide bonds. The Bertz CT molecular complexity index is 901. The number of carbonyl (C=O) groups is 1. The third kappa shape index (κ3) is 4.06. The Morgan fingerprint density at radius 2 is 1.70 bits per heavy atom. The summed E-state index contributed by atoms with van der Waals surface area (Å²) in [5, 5.41) is 0. The van der Waals surface area contributed by atoms with Crippen molar-refractivity contribution >= 4 is 5.91 Å². The number of benzene rings is 2. The fraction of sp³-hybridized carbons (Fsp3) is 0.238. The highest BCUT2D eigenvalue weighted by molar-refractivity contribution is 5.94. The highest BCUT2D eigenvalue weighted by atomic mass is 19.1. The number of nitrogens with zero attached hydrogens (tertiary/aromatic N) is 3. The fourth-order valence-electron chi connectivity index (χ4n) is 3.19. The summed E-state index contributed by atoms with van der Waals surface area (Å²) in [6, 6.07) is 15.6. The van der Waals surface area contributed by atoms with Gasteiger partial charge in [-0.05, 0) is 24.3 Å². The van der Waals surface area contributed by atoms with Crippen LogP contribution in [-0.4, -0.2) is 46.9 Å². The number of hydrogen-bond donors (Lipinski definition) is 0. The lowest BCUT2D eigenvalue weighted by molar-refractivity contribution is 0.0618. The molecule has 0 unspecified atom stereocenters. The SMILES string of the molecule is O=C(c1ccc(F)cc1)N1CCN(Cc2ncc(-c3ccccc3)o2)CC1. The van der Waals surface area contributed by atoms with Crippen LogP contribution in [0, 0.1) is 5.82 Å². The Morgan fingerprint density at radius 1 is 1.00 bits per heavy atom. The Hall–Kier alpha value is -2.99. The molecule has 2 aromatic carbocycles. The van der Waals surface area contributed by atoms with Gasteiger partial charge in [0, 0.05) is 37.3 Å². The standard InChI is InChI=1S/C21H20FN3O2/c22-18-8-6-17(7-9-18)21(26)25-12-10-24(11-13-25)15-20-23-14-19(27-20)16-4-2-1-3-5-16/h1-9,14H,10-13,15H2. The molecule has 0 N–H and O–H groups in total. The zero-order chi connectivity index (χ0) is 18.6. The van der Waals surface area contributed by atoms with Crippen molar-refractivity contribution in [3.05, 3.63) is 78.1 Å². The van der Waals surface area contributed by atoms with Crippen LogP contribution in [0.4, 0.5) is 4.39 Å². The highest BCUT2D eigenvalue weighted by Gasteiger charge is 2.23. The van der Waals surface area contributed by atoms with Crippen LogP contribution in [0.15, 0.2) is 65.2 Å². The van der Waals surface area contributed by atoms with E-state index in [0.29, 0.717) is 31.1 Å². The van der Waals surface area contributed by atoms with Crippen molar-refractivity contribution in [1.29, 1.82) is 0 Å². The summed E-state index contributed by atoms with van der Waals surface area (Å²) in [6.45, 7) is 3.36. The monoisotopic (exact) mass is 365 g/mol. The molecular formula is C21H20FN3O2. The number of halogens is 1. The van der Waals surface area contributed by atoms with Gasteiger partial charge in [0.2, 0.25) is 5.89 Å². The fourth-order valence-corrected chi connectivity index (χ4v) is 3.19. The number of amides is 1. The van der Waals surface area contributed by atoms with E-state index in [1.54, 1.807) is 11.1 Å². The molecule has 6 heteroatoms. The zero-order valence-electron chi connectivity index (χ0n) is 14.8. The lowest BCUT2D eigenvalue weighted by atomic mass is 10.2. The minimum Gasteiger partial charge on any atom is -0.439 e. The van der Waals surface area contributed by atoms with Crippen molar-refractivity contribution < 1.29 is 13.6 Å². The molecule has 0 spiro atoms. The smallest absolute Gasteiger partial charge is 0.253 e. The third-order valence-electron chi connectivity index (χ3n) is 4.72. The van der Waals surface area contributed by atoms with Gasteiger partial charge in [0.1, 0.15) is 5.82 Å². The normalized spacial score (nSPS) is 15.1. The lowest BCUT2D eigenvalue weighted by Gasteiger charge is -2.34. The van der Waals surface area contributed by atoms with Crippen molar-refractivity contribution in [2.45, 2.75) is 6.54 Å². The van der Waals surface area contributed by atoms with Gasteiger partial charge in [-0.1, -0.05) is 30.3 Å². The lowest BCUT2D eigenvalue weighted by Crippen LogP contribution is -2.48. The maximum atomic E-state index is 13.0. The van der Waals surface area contributed by atoms with Crippen LogP contribution in [0.1, 0.15) is 16.2 Å². The van der Waals surface area contributed by atoms with Crippen LogP contribution < -0.4 is 0 Å². The van der Waals surface area contributed by atoms with Crippen LogP contribution in [0.5, 0.6) is 0 Å². The number of oxazole rings is 1. The van der Waals surface area contributed by atoms with Gasteiger partial charge in [0.05, 0.1) is 12.7 Å². The number of rotatable bonds is 4. The molecule has 0 saturated carbocycles. The van der Waals surface area contributed by atoms with Crippen molar-refractivity contribution in [3.63, 3.8) is 0 Å². The molecule has 4 rings (SSSR count). The van der Waals surface area contributed by atoms with Crippen LogP contribution in [-0.2, 0) is 6.54 Å². The van der Waals surface area contributed by atoms with E-state index >= 15 is 0 Å². The molecule has 1 aromatic heterocycles. The van der Waals surface area contributed by atoms with Crippen LogP contribution >= 0.6 is 0 Å². The first-order valence-electron chi connectivity index (χ1n) is 8.96. The first-order chi connectivity index (χ1) is 13.2. The second-order valence-corrected chi connectivity index (χ2v) is 6.56. The van der Waals surface area contributed by atoms with Gasteiger partial charge >= 0.3 is 0 Å². The molecule has 27 heavy (non-hydrogen) atoms. The van der Waals surface area contributed by atoms with Crippen LogP contribution in [0.2, 0.25) is 0 Å². The number of hydrogen-bond acceptors (Lipinski definition) is 4. The first-order valence-corrected chi connectivity index (χ1v) is 8.96. The van der Waals surface area contributed by atoms with E-state index < -0.39 is 0 Å². The Morgan fingerprint density at radius 3 is 2.41 bits per heavy atom. The summed E-state index contributed by atoms with van der Waals surface area (Å²) in [5.41, 5.74) is 1.52. The topological polar surface area (TPSA) is 49.6 Å². The van der Waals surface area contributed by atoms with E-state index in [-0.39, 0.29) is 11.7 Å². The highest BCUT2D eigenvalue weighted by Crippen LogP contribution is 2.21. The number of piperazine rings is 1. The van der Waals surface area contributed by atoms with E-state index in [0.717, 1.165) is 24.4 Å². The van der Waals surface area contributed by atoms with E-state index in [1.807, 2.05) is 30.3 Å². The number of aromatic nitrogens is 1. The predicted octanol–water partition coefficient (Wildman–Crippen LogP) is 3.44. The van der Waals surface area contributed by atoms with E-state index in [9.17, 15) is 9.18 Å². The second kappa shape index (κ2) is 7.72. The minimum atomic E-state index is -0.336. The van der Waals surface area contributed by atoms with Crippen molar-refractivity contribution in [2.75, 3.05) is 26.2 Å². The van der Waals surface area contributed by atoms with Crippen molar-refractivity contribution in [2.24, 2.45) is 0 Å². The van der Waals surface area contributed by atoms with E-state index in [2.05, 4.69) is 9.88 Å². The Balaban J connectivity index is 1.33. The molecule has 1 aliphatic rings. The minimum absolute atomic E-state index is 0.0582. The predicted molar refractivity (Wildman–Crippen MR) is 99.5 cm³/mol. The quantitative estimate of drug-likeness (QED) is 0.711. The van der Waals surface area contributed by atoms with Crippen LogP contribution in [0.25, 0.3) is 11.3 Å². The Kier molecular flexibility index (Phi) is 4.98. The summed E-state index contributed by atoms with van der Waals surface area (Å²) in [6.07, 6.45) is 1.75. The average molecular weight is 365 g/mol. The van der Waals surface area contributed by atoms with Gasteiger partial charge in [-0.2, -0.15) is 0 Å². The zero-order valence-corrected chi connectivity index (χ0v) is 14.8. The number of carbonyl (C=O) groups excluding carboxylic acids is 1. The van der Waals surface area contributed by atoms with Crippen molar-refractivity contribution in [1.82, 2.24) is 14.8 Å². The molecule has 1 aliphatic heterocycles. The molecule has 2 heterocycles. The van der Waals surface area contributed by atoms with Crippen molar-refractivity contribution in [3.8, 4) is 11.3 Å². The maximum Gasteiger partial charge on any atom is 0.253 e. The maximum absolute atomic E-state index is 13.0. The second-order valence-electron chi connectivity index (χ2n) is 6.56. The molecule has 0 atom stereocenters. The summed E-state index contributed by atoms with van der Waals surface area (Å²) >= 11 is 0. The molecule has 138 valence electrons. The molecule has 0 aliphatic carbocycles. The van der Waals surface area contributed by atoms with Gasteiger partial charge in [0.15, 0.2) is 5.76 Å². The molecular weight excluding hydrogens is 345 g/mol. The average Bonchev–Trinajstić information content (AvgIpc) is 3.18. The molecule has 3 aromatic rings. The van der Waals surface area contributed by atoms with Crippen LogP contribution in [0.3, 0.4) is 0 Å². The molecule has 0 bridgehead atoms. The summed E-state index contributed by atoms with van der Waals surface area (Å²) in [7, 11) is 0. The van der Waals surface area contributed by atoms with E-state index in [1.165, 1.54) is 24.3 Å². The first kappa shape index (κ1) is 17.4. The van der Waals surface area contributed by atoms with Gasteiger partial charge in [0.25, 0.3) is 5.91 Å². The van der Waals surface area contributed by atoms with Gasteiger partial charge in [-0.15, -0.1) is 0 Å².